The van der Waals surface area contributed by atoms with Gasteiger partial charge in [0, 0.05) is 12.2 Å². The maximum Gasteiger partial charge on any atom is 0.243 e. The molecule has 3 rings (SSSR count). The number of hydrogen-bond donors (Lipinski definition) is 1. The molecule has 3 aromatic carbocycles. The van der Waals surface area contributed by atoms with Gasteiger partial charge in [-0.05, 0) is 55.8 Å². The third-order valence-corrected chi connectivity index (χ3v) is 6.39. The molecule has 0 atom stereocenters. The van der Waals surface area contributed by atoms with Crippen molar-refractivity contribution in [1.29, 1.82) is 0 Å². The molecule has 0 aliphatic carbocycles. The molecule has 30 heavy (non-hydrogen) atoms. The van der Waals surface area contributed by atoms with Crippen molar-refractivity contribution in [2.75, 3.05) is 11.9 Å². The number of sulfonamides is 1. The summed E-state index contributed by atoms with van der Waals surface area (Å²) in [6.07, 6.45) is 0. The average molecular weight is 427 g/mol. The first-order valence-corrected chi connectivity index (χ1v) is 10.9. The Morgan fingerprint density at radius 1 is 0.867 bits per heavy atom. The second kappa shape index (κ2) is 9.19. The second-order valence-corrected chi connectivity index (χ2v) is 9.06. The number of halogens is 1. The van der Waals surface area contributed by atoms with Crippen molar-refractivity contribution in [1.82, 2.24) is 4.31 Å². The van der Waals surface area contributed by atoms with E-state index < -0.39 is 21.7 Å². The Labute approximate surface area is 176 Å². The van der Waals surface area contributed by atoms with E-state index in [0.717, 1.165) is 21.0 Å². The van der Waals surface area contributed by atoms with E-state index >= 15 is 0 Å². The first kappa shape index (κ1) is 21.7. The lowest BCUT2D eigenvalue weighted by atomic mass is 10.1. The first-order chi connectivity index (χ1) is 14.2. The van der Waals surface area contributed by atoms with E-state index in [9.17, 15) is 17.6 Å². The van der Waals surface area contributed by atoms with Crippen molar-refractivity contribution < 1.29 is 17.6 Å². The van der Waals surface area contributed by atoms with Crippen LogP contribution in [-0.4, -0.2) is 25.2 Å². The minimum Gasteiger partial charge on any atom is -0.325 e. The van der Waals surface area contributed by atoms with Crippen LogP contribution in [0.25, 0.3) is 0 Å². The molecule has 0 bridgehead atoms. The van der Waals surface area contributed by atoms with E-state index in [0.29, 0.717) is 5.69 Å². The van der Waals surface area contributed by atoms with Gasteiger partial charge in [0.1, 0.15) is 5.82 Å². The lowest BCUT2D eigenvalue weighted by Crippen LogP contribution is -2.37. The fourth-order valence-corrected chi connectivity index (χ4v) is 4.26. The number of nitrogens with zero attached hydrogens (tertiary/aromatic N) is 1. The van der Waals surface area contributed by atoms with Gasteiger partial charge in [-0.15, -0.1) is 0 Å². The predicted molar refractivity (Wildman–Crippen MR) is 115 cm³/mol. The van der Waals surface area contributed by atoms with Crippen molar-refractivity contribution >= 4 is 21.6 Å². The molecular formula is C23H23FN2O3S. The molecule has 5 nitrogen and oxygen atoms in total. The molecule has 0 aliphatic rings. The van der Waals surface area contributed by atoms with Gasteiger partial charge in [0.25, 0.3) is 0 Å². The molecule has 3 aromatic rings. The summed E-state index contributed by atoms with van der Waals surface area (Å²) < 4.78 is 40.7. The molecule has 0 heterocycles. The summed E-state index contributed by atoms with van der Waals surface area (Å²) in [5.74, 6) is -0.930. The molecule has 0 aromatic heterocycles. The number of aryl methyl sites for hydroxylation is 2. The normalized spacial score (nSPS) is 11.5. The van der Waals surface area contributed by atoms with Gasteiger partial charge in [-0.1, -0.05) is 47.5 Å². The first-order valence-electron chi connectivity index (χ1n) is 9.42. The van der Waals surface area contributed by atoms with Crippen molar-refractivity contribution in [3.63, 3.8) is 0 Å². The summed E-state index contributed by atoms with van der Waals surface area (Å²) in [5.41, 5.74) is 3.16. The van der Waals surface area contributed by atoms with Crippen LogP contribution in [-0.2, 0) is 21.4 Å². The van der Waals surface area contributed by atoms with E-state index in [1.165, 1.54) is 36.4 Å². The molecule has 0 fully saturated rings. The van der Waals surface area contributed by atoms with Crippen LogP contribution in [0.15, 0.2) is 77.7 Å². The van der Waals surface area contributed by atoms with E-state index in [1.54, 1.807) is 12.1 Å². The minimum atomic E-state index is -3.91. The third kappa shape index (κ3) is 5.52. The number of amides is 1. The number of anilines is 1. The Balaban J connectivity index is 1.86. The van der Waals surface area contributed by atoms with Gasteiger partial charge in [0.15, 0.2) is 0 Å². The SMILES string of the molecule is Cc1ccc(CN(CC(=O)Nc2ccc(F)cc2)S(=O)(=O)c2ccc(C)cc2)cc1. The van der Waals surface area contributed by atoms with Gasteiger partial charge in [0.2, 0.25) is 15.9 Å². The molecule has 0 saturated heterocycles. The lowest BCUT2D eigenvalue weighted by Gasteiger charge is -2.22. The van der Waals surface area contributed by atoms with Crippen molar-refractivity contribution in [3.8, 4) is 0 Å². The zero-order chi connectivity index (χ0) is 21.7. The summed E-state index contributed by atoms with van der Waals surface area (Å²) in [4.78, 5) is 12.7. The fraction of sp³-hybridized carbons (Fsp3) is 0.174. The second-order valence-electron chi connectivity index (χ2n) is 7.13. The Morgan fingerprint density at radius 3 is 1.97 bits per heavy atom. The number of carbonyl (C=O) groups excluding carboxylic acids is 1. The third-order valence-electron chi connectivity index (χ3n) is 4.59. The highest BCUT2D eigenvalue weighted by Crippen LogP contribution is 2.20. The van der Waals surface area contributed by atoms with Gasteiger partial charge in [0.05, 0.1) is 11.4 Å². The Morgan fingerprint density at radius 2 is 1.40 bits per heavy atom. The topological polar surface area (TPSA) is 66.5 Å². The number of carbonyl (C=O) groups is 1. The molecule has 0 unspecified atom stereocenters. The summed E-state index contributed by atoms with van der Waals surface area (Å²) in [6, 6.07) is 19.3. The lowest BCUT2D eigenvalue weighted by molar-refractivity contribution is -0.116. The van der Waals surface area contributed by atoms with Crippen LogP contribution >= 0.6 is 0 Å². The van der Waals surface area contributed by atoms with E-state index in [1.807, 2.05) is 38.1 Å². The van der Waals surface area contributed by atoms with Crippen LogP contribution in [0.4, 0.5) is 10.1 Å². The number of benzene rings is 3. The summed E-state index contributed by atoms with van der Waals surface area (Å²) >= 11 is 0. The minimum absolute atomic E-state index is 0.0489. The molecule has 1 amide bonds. The van der Waals surface area contributed by atoms with Crippen LogP contribution in [0.2, 0.25) is 0 Å². The molecule has 156 valence electrons. The zero-order valence-corrected chi connectivity index (χ0v) is 17.6. The van der Waals surface area contributed by atoms with E-state index in [4.69, 9.17) is 0 Å². The van der Waals surface area contributed by atoms with Crippen LogP contribution in [0, 0.1) is 19.7 Å². The Bertz CT molecular complexity index is 1110. The van der Waals surface area contributed by atoms with Crippen LogP contribution < -0.4 is 5.32 Å². The largest absolute Gasteiger partial charge is 0.325 e. The number of nitrogens with one attached hydrogen (secondary N) is 1. The van der Waals surface area contributed by atoms with Crippen LogP contribution in [0.1, 0.15) is 16.7 Å². The molecule has 1 N–H and O–H groups in total. The van der Waals surface area contributed by atoms with Gasteiger partial charge in [-0.25, -0.2) is 12.8 Å². The van der Waals surface area contributed by atoms with Crippen LogP contribution in [0.3, 0.4) is 0 Å². The monoisotopic (exact) mass is 426 g/mol. The van der Waals surface area contributed by atoms with Gasteiger partial charge in [-0.3, -0.25) is 4.79 Å². The van der Waals surface area contributed by atoms with Crippen molar-refractivity contribution in [2.24, 2.45) is 0 Å². The summed E-state index contributed by atoms with van der Waals surface area (Å²) in [6.45, 7) is 3.49. The highest BCUT2D eigenvalue weighted by Gasteiger charge is 2.27. The van der Waals surface area contributed by atoms with Gasteiger partial charge < -0.3 is 5.32 Å². The zero-order valence-electron chi connectivity index (χ0n) is 16.8. The highest BCUT2D eigenvalue weighted by atomic mass is 32.2. The predicted octanol–water partition coefficient (Wildman–Crippen LogP) is 4.27. The standard InChI is InChI=1S/C23H23FN2O3S/c1-17-3-7-19(8-4-17)15-26(30(28,29)22-13-5-18(2)6-14-22)16-23(27)25-21-11-9-20(24)10-12-21/h3-14H,15-16H2,1-2H3,(H,25,27). The maximum absolute atomic E-state index is 13.2. The molecule has 0 spiro atoms. The quantitative estimate of drug-likeness (QED) is 0.614. The number of rotatable bonds is 7. The molecule has 0 radical (unpaired) electrons. The molecule has 0 aliphatic heterocycles. The molecule has 0 saturated carbocycles. The fourth-order valence-electron chi connectivity index (χ4n) is 2.88. The van der Waals surface area contributed by atoms with E-state index in [2.05, 4.69) is 5.32 Å². The van der Waals surface area contributed by atoms with E-state index in [-0.39, 0.29) is 18.0 Å². The van der Waals surface area contributed by atoms with Gasteiger partial charge >= 0.3 is 0 Å². The molecular weight excluding hydrogens is 403 g/mol. The molecule has 7 heteroatoms. The average Bonchev–Trinajstić information content (AvgIpc) is 2.71. The van der Waals surface area contributed by atoms with Crippen LogP contribution in [0.5, 0.6) is 0 Å². The maximum atomic E-state index is 13.2. The summed E-state index contributed by atoms with van der Waals surface area (Å²) in [5, 5.41) is 2.62. The van der Waals surface area contributed by atoms with Crippen molar-refractivity contribution in [2.45, 2.75) is 25.3 Å². The van der Waals surface area contributed by atoms with Crippen molar-refractivity contribution in [3.05, 3.63) is 95.3 Å². The smallest absolute Gasteiger partial charge is 0.243 e. The highest BCUT2D eigenvalue weighted by molar-refractivity contribution is 7.89. The Kier molecular flexibility index (Phi) is 6.64. The van der Waals surface area contributed by atoms with Gasteiger partial charge in [-0.2, -0.15) is 4.31 Å². The number of hydrogen-bond acceptors (Lipinski definition) is 3. The summed E-state index contributed by atoms with van der Waals surface area (Å²) in [7, 11) is -3.91. The Hall–Kier alpha value is -3.03.